The van der Waals surface area contributed by atoms with Crippen molar-refractivity contribution in [2.24, 2.45) is 0 Å². The van der Waals surface area contributed by atoms with Crippen LogP contribution in [-0.2, 0) is 0 Å². The number of H-pyrrole nitrogens is 1. The van der Waals surface area contributed by atoms with E-state index in [9.17, 15) is 4.79 Å². The van der Waals surface area contributed by atoms with Crippen molar-refractivity contribution in [2.45, 2.75) is 6.92 Å². The summed E-state index contributed by atoms with van der Waals surface area (Å²) in [5.41, 5.74) is 9.44. The second-order valence-corrected chi connectivity index (χ2v) is 5.54. The molecule has 1 amide bonds. The van der Waals surface area contributed by atoms with Crippen LogP contribution in [0.15, 0.2) is 41.3 Å². The summed E-state index contributed by atoms with van der Waals surface area (Å²) in [5.74, 6) is -0.199. The molecule has 0 spiro atoms. The number of carbonyl (C=O) groups excluding carboxylic acids is 1. The largest absolute Gasteiger partial charge is 0.399 e. The van der Waals surface area contributed by atoms with Gasteiger partial charge >= 0.3 is 0 Å². The third kappa shape index (κ3) is 2.62. The molecule has 0 radical (unpaired) electrons. The van der Waals surface area contributed by atoms with Crippen LogP contribution in [0.2, 0.25) is 0 Å². The normalized spacial score (nSPS) is 10.8. The smallest absolute Gasteiger partial charge is 0.257 e. The minimum absolute atomic E-state index is 0.199. The SMILES string of the molecule is Cc1cc(NC(=O)c2c[nH]c3ccc(N)cc23)cnc1Br. The van der Waals surface area contributed by atoms with Crippen LogP contribution in [0.4, 0.5) is 11.4 Å². The van der Waals surface area contributed by atoms with E-state index >= 15 is 0 Å². The van der Waals surface area contributed by atoms with E-state index in [-0.39, 0.29) is 5.91 Å². The first kappa shape index (κ1) is 13.6. The summed E-state index contributed by atoms with van der Waals surface area (Å²) in [6.07, 6.45) is 3.29. The summed E-state index contributed by atoms with van der Waals surface area (Å²) in [6, 6.07) is 7.29. The standard InChI is InChI=1S/C15H13BrN4O/c1-8-4-10(6-19-14(8)16)20-15(21)12-7-18-13-3-2-9(17)5-11(12)13/h2-7,18H,17H2,1H3,(H,20,21). The fourth-order valence-electron chi connectivity index (χ4n) is 2.15. The van der Waals surface area contributed by atoms with Crippen molar-refractivity contribution in [3.63, 3.8) is 0 Å². The van der Waals surface area contributed by atoms with Crippen molar-refractivity contribution >= 4 is 44.1 Å². The van der Waals surface area contributed by atoms with Crippen molar-refractivity contribution in [3.05, 3.63) is 52.4 Å². The van der Waals surface area contributed by atoms with Gasteiger partial charge in [0.25, 0.3) is 5.91 Å². The molecule has 1 aromatic carbocycles. The van der Waals surface area contributed by atoms with E-state index in [4.69, 9.17) is 5.73 Å². The number of nitrogens with zero attached hydrogens (tertiary/aromatic N) is 1. The number of anilines is 2. The van der Waals surface area contributed by atoms with Crippen molar-refractivity contribution < 1.29 is 4.79 Å². The average molecular weight is 345 g/mol. The Kier molecular flexibility index (Phi) is 3.39. The third-order valence-corrected chi connectivity index (χ3v) is 4.05. The van der Waals surface area contributed by atoms with Crippen LogP contribution < -0.4 is 11.1 Å². The van der Waals surface area contributed by atoms with Crippen molar-refractivity contribution in [1.82, 2.24) is 9.97 Å². The second kappa shape index (κ2) is 5.21. The number of aromatic nitrogens is 2. The summed E-state index contributed by atoms with van der Waals surface area (Å²) in [4.78, 5) is 19.6. The molecule has 5 nitrogen and oxygen atoms in total. The van der Waals surface area contributed by atoms with Crippen LogP contribution in [0.25, 0.3) is 10.9 Å². The highest BCUT2D eigenvalue weighted by atomic mass is 79.9. The van der Waals surface area contributed by atoms with E-state index in [2.05, 4.69) is 31.2 Å². The van der Waals surface area contributed by atoms with Crippen molar-refractivity contribution in [1.29, 1.82) is 0 Å². The number of nitrogens with one attached hydrogen (secondary N) is 2. The van der Waals surface area contributed by atoms with Crippen LogP contribution in [-0.4, -0.2) is 15.9 Å². The molecule has 0 unspecified atom stereocenters. The molecule has 6 heteroatoms. The number of pyridine rings is 1. The molecule has 2 heterocycles. The molecule has 21 heavy (non-hydrogen) atoms. The van der Waals surface area contributed by atoms with Crippen LogP contribution in [0, 0.1) is 6.92 Å². The van der Waals surface area contributed by atoms with Crippen molar-refractivity contribution in [2.75, 3.05) is 11.1 Å². The lowest BCUT2D eigenvalue weighted by molar-refractivity contribution is 0.102. The second-order valence-electron chi connectivity index (χ2n) is 4.79. The van der Waals surface area contributed by atoms with E-state index in [1.54, 1.807) is 24.5 Å². The van der Waals surface area contributed by atoms with E-state index in [1.165, 1.54) is 0 Å². The van der Waals surface area contributed by atoms with Gasteiger partial charge in [0.2, 0.25) is 0 Å². The Morgan fingerprint density at radius 2 is 2.19 bits per heavy atom. The van der Waals surface area contributed by atoms with Gasteiger partial charge in [0, 0.05) is 22.8 Å². The molecule has 106 valence electrons. The fraction of sp³-hybridized carbons (Fsp3) is 0.0667. The van der Waals surface area contributed by atoms with E-state index in [1.807, 2.05) is 19.1 Å². The molecule has 0 saturated heterocycles. The van der Waals surface area contributed by atoms with Gasteiger partial charge in [-0.25, -0.2) is 4.98 Å². The maximum atomic E-state index is 12.4. The van der Waals surface area contributed by atoms with E-state index in [0.29, 0.717) is 16.9 Å². The van der Waals surface area contributed by atoms with Gasteiger partial charge in [-0.2, -0.15) is 0 Å². The first-order valence-electron chi connectivity index (χ1n) is 6.34. The molecule has 4 N–H and O–H groups in total. The lowest BCUT2D eigenvalue weighted by Gasteiger charge is -2.06. The number of fused-ring (bicyclic) bond motifs is 1. The monoisotopic (exact) mass is 344 g/mol. The van der Waals surface area contributed by atoms with Gasteiger partial charge in [0.1, 0.15) is 4.60 Å². The summed E-state index contributed by atoms with van der Waals surface area (Å²) in [7, 11) is 0. The number of benzene rings is 1. The fourth-order valence-corrected chi connectivity index (χ4v) is 2.37. The highest BCUT2D eigenvalue weighted by Crippen LogP contribution is 2.23. The number of halogens is 1. The Bertz CT molecular complexity index is 841. The topological polar surface area (TPSA) is 83.8 Å². The average Bonchev–Trinajstić information content (AvgIpc) is 2.86. The maximum Gasteiger partial charge on any atom is 0.257 e. The minimum atomic E-state index is -0.199. The highest BCUT2D eigenvalue weighted by molar-refractivity contribution is 9.10. The van der Waals surface area contributed by atoms with E-state index < -0.39 is 0 Å². The molecule has 0 aliphatic carbocycles. The summed E-state index contributed by atoms with van der Waals surface area (Å²) in [5, 5.41) is 3.64. The number of hydrogen-bond donors (Lipinski definition) is 3. The third-order valence-electron chi connectivity index (χ3n) is 3.22. The van der Waals surface area contributed by atoms with Gasteiger partial charge in [-0.05, 0) is 52.7 Å². The van der Waals surface area contributed by atoms with E-state index in [0.717, 1.165) is 21.1 Å². The summed E-state index contributed by atoms with van der Waals surface area (Å²) >= 11 is 3.33. The molecular formula is C15H13BrN4O. The zero-order valence-corrected chi connectivity index (χ0v) is 12.9. The number of aryl methyl sites for hydroxylation is 1. The van der Waals surface area contributed by atoms with Gasteiger partial charge in [-0.15, -0.1) is 0 Å². The number of aromatic amines is 1. The van der Waals surface area contributed by atoms with Gasteiger partial charge in [0.05, 0.1) is 17.4 Å². The molecule has 0 bridgehead atoms. The molecular weight excluding hydrogens is 332 g/mol. The molecule has 3 aromatic rings. The molecule has 3 rings (SSSR count). The Balaban J connectivity index is 1.93. The lowest BCUT2D eigenvalue weighted by atomic mass is 10.1. The van der Waals surface area contributed by atoms with Crippen LogP contribution in [0.5, 0.6) is 0 Å². The number of amides is 1. The van der Waals surface area contributed by atoms with Gasteiger partial charge in [-0.1, -0.05) is 0 Å². The highest BCUT2D eigenvalue weighted by Gasteiger charge is 2.13. The molecule has 0 fully saturated rings. The Labute approximate surface area is 129 Å². The van der Waals surface area contributed by atoms with Crippen LogP contribution in [0.3, 0.4) is 0 Å². The Morgan fingerprint density at radius 1 is 1.38 bits per heavy atom. The minimum Gasteiger partial charge on any atom is -0.399 e. The van der Waals surface area contributed by atoms with Crippen LogP contribution in [0.1, 0.15) is 15.9 Å². The zero-order chi connectivity index (χ0) is 15.0. The number of nitrogens with two attached hydrogens (primary N) is 1. The first-order valence-corrected chi connectivity index (χ1v) is 7.14. The summed E-state index contributed by atoms with van der Waals surface area (Å²) < 4.78 is 0.764. The van der Waals surface area contributed by atoms with Crippen LogP contribution >= 0.6 is 15.9 Å². The predicted octanol–water partition coefficient (Wildman–Crippen LogP) is 3.47. The maximum absolute atomic E-state index is 12.4. The summed E-state index contributed by atoms with van der Waals surface area (Å²) in [6.45, 7) is 1.92. The zero-order valence-electron chi connectivity index (χ0n) is 11.3. The number of rotatable bonds is 2. The number of hydrogen-bond acceptors (Lipinski definition) is 3. The van der Waals surface area contributed by atoms with Gasteiger partial charge in [0.15, 0.2) is 0 Å². The number of nitrogen functional groups attached to an aromatic ring is 1. The molecule has 0 aliphatic heterocycles. The first-order chi connectivity index (χ1) is 10.0. The molecule has 0 aliphatic rings. The molecule has 2 aromatic heterocycles. The Hall–Kier alpha value is -2.34. The lowest BCUT2D eigenvalue weighted by Crippen LogP contribution is -2.11. The van der Waals surface area contributed by atoms with Gasteiger partial charge in [-0.3, -0.25) is 4.79 Å². The Morgan fingerprint density at radius 3 is 2.95 bits per heavy atom. The molecule has 0 saturated carbocycles. The van der Waals surface area contributed by atoms with Gasteiger partial charge < -0.3 is 16.0 Å². The van der Waals surface area contributed by atoms with Crippen molar-refractivity contribution in [3.8, 4) is 0 Å². The molecule has 0 atom stereocenters. The number of carbonyl (C=O) groups is 1. The predicted molar refractivity (Wildman–Crippen MR) is 87.3 cm³/mol. The quantitative estimate of drug-likeness (QED) is 0.491.